The summed E-state index contributed by atoms with van der Waals surface area (Å²) in [5, 5.41) is 3.78. The summed E-state index contributed by atoms with van der Waals surface area (Å²) in [4.78, 5) is 29.1. The molecule has 0 bridgehead atoms. The number of halogens is 2. The maximum absolute atomic E-state index is 12.6. The average Bonchev–Trinajstić information content (AvgIpc) is 2.71. The molecule has 1 unspecified atom stereocenters. The number of anilines is 1. The zero-order valence-corrected chi connectivity index (χ0v) is 18.1. The van der Waals surface area contributed by atoms with Crippen LogP contribution in [0.25, 0.3) is 0 Å². The van der Waals surface area contributed by atoms with Crippen molar-refractivity contribution in [1.82, 2.24) is 9.80 Å². The molecule has 1 heterocycles. The molecule has 1 fully saturated rings. The van der Waals surface area contributed by atoms with Gasteiger partial charge >= 0.3 is 0 Å². The Hall–Kier alpha value is -2.08. The number of carbonyl (C=O) groups excluding carboxylic acids is 2. The third-order valence-corrected chi connectivity index (χ3v) is 5.81. The lowest BCUT2D eigenvalue weighted by Crippen LogP contribution is -2.54. The number of amides is 2. The third-order valence-electron chi connectivity index (χ3n) is 5.26. The first kappa shape index (κ1) is 21.6. The van der Waals surface area contributed by atoms with Crippen LogP contribution in [-0.2, 0) is 16.0 Å². The van der Waals surface area contributed by atoms with Gasteiger partial charge in [0, 0.05) is 31.2 Å². The van der Waals surface area contributed by atoms with Gasteiger partial charge in [-0.1, -0.05) is 53.0 Å². The maximum atomic E-state index is 12.6. The molecule has 7 heteroatoms. The van der Waals surface area contributed by atoms with E-state index in [0.717, 1.165) is 5.56 Å². The van der Waals surface area contributed by atoms with Crippen LogP contribution in [-0.4, -0.2) is 53.8 Å². The van der Waals surface area contributed by atoms with Crippen LogP contribution in [0.4, 0.5) is 5.69 Å². The minimum absolute atomic E-state index is 0.124. The average molecular weight is 434 g/mol. The molecule has 1 aliphatic rings. The van der Waals surface area contributed by atoms with E-state index in [1.807, 2.05) is 43.0 Å². The first-order valence-electron chi connectivity index (χ1n) is 9.67. The summed E-state index contributed by atoms with van der Waals surface area (Å²) < 4.78 is 0. The number of benzene rings is 2. The Labute approximate surface area is 181 Å². The van der Waals surface area contributed by atoms with E-state index in [4.69, 9.17) is 23.2 Å². The van der Waals surface area contributed by atoms with Crippen molar-refractivity contribution in [3.8, 4) is 0 Å². The highest BCUT2D eigenvalue weighted by molar-refractivity contribution is 6.36. The SMILES string of the molecule is Cc1ccc(CC(=O)N2CCN(C(C)C(=O)Nc3ccc(Cl)cc3Cl)CC2)cc1. The van der Waals surface area contributed by atoms with Crippen LogP contribution in [0.5, 0.6) is 0 Å². The highest BCUT2D eigenvalue weighted by Crippen LogP contribution is 2.25. The van der Waals surface area contributed by atoms with Gasteiger partial charge in [0.1, 0.15) is 0 Å². The van der Waals surface area contributed by atoms with Crippen LogP contribution in [0.15, 0.2) is 42.5 Å². The second kappa shape index (κ2) is 9.61. The molecule has 1 aliphatic heterocycles. The van der Waals surface area contributed by atoms with Gasteiger partial charge in [0.05, 0.1) is 23.2 Å². The molecule has 154 valence electrons. The molecule has 2 amide bonds. The maximum Gasteiger partial charge on any atom is 0.241 e. The van der Waals surface area contributed by atoms with Crippen LogP contribution >= 0.6 is 23.2 Å². The molecule has 0 aromatic heterocycles. The Kier molecular flexibility index (Phi) is 7.17. The number of hydrogen-bond acceptors (Lipinski definition) is 3. The zero-order valence-electron chi connectivity index (χ0n) is 16.6. The van der Waals surface area contributed by atoms with E-state index in [1.54, 1.807) is 18.2 Å². The van der Waals surface area contributed by atoms with E-state index >= 15 is 0 Å². The minimum atomic E-state index is -0.323. The highest BCUT2D eigenvalue weighted by atomic mass is 35.5. The molecule has 1 saturated heterocycles. The van der Waals surface area contributed by atoms with Gasteiger partial charge < -0.3 is 10.2 Å². The van der Waals surface area contributed by atoms with Crippen LogP contribution in [0.3, 0.4) is 0 Å². The number of rotatable bonds is 5. The van der Waals surface area contributed by atoms with Crippen molar-refractivity contribution >= 4 is 40.7 Å². The van der Waals surface area contributed by atoms with Crippen molar-refractivity contribution in [2.24, 2.45) is 0 Å². The summed E-state index contributed by atoms with van der Waals surface area (Å²) in [6, 6.07) is 12.7. The van der Waals surface area contributed by atoms with Gasteiger partial charge in [-0.05, 0) is 37.6 Å². The molecule has 2 aromatic carbocycles. The quantitative estimate of drug-likeness (QED) is 0.774. The van der Waals surface area contributed by atoms with Gasteiger partial charge in [-0.2, -0.15) is 0 Å². The number of nitrogens with zero attached hydrogens (tertiary/aromatic N) is 2. The third kappa shape index (κ3) is 5.72. The number of nitrogens with one attached hydrogen (secondary N) is 1. The number of piperazine rings is 1. The molecule has 0 spiro atoms. The van der Waals surface area contributed by atoms with Gasteiger partial charge in [0.15, 0.2) is 0 Å². The van der Waals surface area contributed by atoms with Gasteiger partial charge in [-0.25, -0.2) is 0 Å². The molecule has 5 nitrogen and oxygen atoms in total. The fourth-order valence-corrected chi connectivity index (χ4v) is 3.80. The van der Waals surface area contributed by atoms with Crippen molar-refractivity contribution in [3.63, 3.8) is 0 Å². The van der Waals surface area contributed by atoms with E-state index in [0.29, 0.717) is 48.3 Å². The Morgan fingerprint density at radius 3 is 2.31 bits per heavy atom. The van der Waals surface area contributed by atoms with Crippen LogP contribution in [0, 0.1) is 6.92 Å². The van der Waals surface area contributed by atoms with Gasteiger partial charge in [-0.3, -0.25) is 14.5 Å². The lowest BCUT2D eigenvalue weighted by atomic mass is 10.1. The van der Waals surface area contributed by atoms with Gasteiger partial charge in [0.2, 0.25) is 11.8 Å². The molecule has 2 aromatic rings. The molecule has 1 N–H and O–H groups in total. The first-order valence-corrected chi connectivity index (χ1v) is 10.4. The smallest absolute Gasteiger partial charge is 0.241 e. The van der Waals surface area contributed by atoms with Crippen LogP contribution in [0.2, 0.25) is 10.0 Å². The van der Waals surface area contributed by atoms with Crippen molar-refractivity contribution in [2.75, 3.05) is 31.5 Å². The number of hydrogen-bond donors (Lipinski definition) is 1. The van der Waals surface area contributed by atoms with Crippen LogP contribution in [0.1, 0.15) is 18.1 Å². The largest absolute Gasteiger partial charge is 0.340 e. The van der Waals surface area contributed by atoms with E-state index in [-0.39, 0.29) is 17.9 Å². The van der Waals surface area contributed by atoms with Crippen molar-refractivity contribution < 1.29 is 9.59 Å². The minimum Gasteiger partial charge on any atom is -0.340 e. The first-order chi connectivity index (χ1) is 13.8. The summed E-state index contributed by atoms with van der Waals surface area (Å²) in [6.07, 6.45) is 0.408. The topological polar surface area (TPSA) is 52.7 Å². The zero-order chi connectivity index (χ0) is 21.0. The monoisotopic (exact) mass is 433 g/mol. The highest BCUT2D eigenvalue weighted by Gasteiger charge is 2.27. The summed E-state index contributed by atoms with van der Waals surface area (Å²) in [6.45, 7) is 6.44. The standard InChI is InChI=1S/C22H25Cl2N3O2/c1-15-3-5-17(6-4-15)13-21(28)27-11-9-26(10-12-27)16(2)22(29)25-20-8-7-18(23)14-19(20)24/h3-8,14,16H,9-13H2,1-2H3,(H,25,29). The summed E-state index contributed by atoms with van der Waals surface area (Å²) >= 11 is 12.0. The second-order valence-corrected chi connectivity index (χ2v) is 8.21. The lowest BCUT2D eigenvalue weighted by Gasteiger charge is -2.37. The Bertz CT molecular complexity index is 878. The van der Waals surface area contributed by atoms with E-state index in [2.05, 4.69) is 10.2 Å². The second-order valence-electron chi connectivity index (χ2n) is 7.37. The van der Waals surface area contributed by atoms with E-state index < -0.39 is 0 Å². The van der Waals surface area contributed by atoms with Crippen molar-refractivity contribution in [3.05, 3.63) is 63.6 Å². The number of aryl methyl sites for hydroxylation is 1. The molecule has 3 rings (SSSR count). The fourth-order valence-electron chi connectivity index (χ4n) is 3.34. The molecule has 29 heavy (non-hydrogen) atoms. The molecular formula is C22H25Cl2N3O2. The molecule has 0 radical (unpaired) electrons. The fraction of sp³-hybridized carbons (Fsp3) is 0.364. The predicted molar refractivity (Wildman–Crippen MR) is 118 cm³/mol. The lowest BCUT2D eigenvalue weighted by molar-refractivity contribution is -0.133. The van der Waals surface area contributed by atoms with Gasteiger partial charge in [-0.15, -0.1) is 0 Å². The Balaban J connectivity index is 1.50. The Morgan fingerprint density at radius 2 is 1.69 bits per heavy atom. The Morgan fingerprint density at radius 1 is 1.03 bits per heavy atom. The van der Waals surface area contributed by atoms with Crippen LogP contribution < -0.4 is 5.32 Å². The molecule has 1 atom stereocenters. The molecular weight excluding hydrogens is 409 g/mol. The van der Waals surface area contributed by atoms with Crippen molar-refractivity contribution in [2.45, 2.75) is 26.3 Å². The molecule has 0 aliphatic carbocycles. The summed E-state index contributed by atoms with van der Waals surface area (Å²) in [5.41, 5.74) is 2.75. The molecule has 0 saturated carbocycles. The van der Waals surface area contributed by atoms with E-state index in [9.17, 15) is 9.59 Å². The summed E-state index contributed by atoms with van der Waals surface area (Å²) in [5.74, 6) is -0.00721. The normalized spacial score (nSPS) is 15.8. The van der Waals surface area contributed by atoms with Gasteiger partial charge in [0.25, 0.3) is 0 Å². The van der Waals surface area contributed by atoms with Crippen molar-refractivity contribution in [1.29, 1.82) is 0 Å². The number of carbonyl (C=O) groups is 2. The van der Waals surface area contributed by atoms with E-state index in [1.165, 1.54) is 5.56 Å². The predicted octanol–water partition coefficient (Wildman–Crippen LogP) is 4.02. The summed E-state index contributed by atoms with van der Waals surface area (Å²) in [7, 11) is 0.